The number of allylic oxidation sites excluding steroid dienone is 1. The highest BCUT2D eigenvalue weighted by atomic mass is 79.9. The summed E-state index contributed by atoms with van der Waals surface area (Å²) >= 11 is 4.56. The number of rotatable bonds is 5. The lowest BCUT2D eigenvalue weighted by Gasteiger charge is -2.27. The molecule has 9 heteroatoms. The van der Waals surface area contributed by atoms with Crippen LogP contribution in [0, 0.1) is 0 Å². The molecular weight excluding hydrogens is 556 g/mol. The molecule has 0 spiro atoms. The molecule has 7 nitrogen and oxygen atoms in total. The largest absolute Gasteiger partial charge is 0.507 e. The van der Waals surface area contributed by atoms with Crippen molar-refractivity contribution in [1.82, 2.24) is 4.57 Å². The van der Waals surface area contributed by atoms with Crippen LogP contribution in [0.4, 0.5) is 0 Å². The van der Waals surface area contributed by atoms with Crippen molar-refractivity contribution < 1.29 is 19.4 Å². The van der Waals surface area contributed by atoms with Crippen LogP contribution in [0.1, 0.15) is 31.0 Å². The van der Waals surface area contributed by atoms with Crippen molar-refractivity contribution in [3.05, 3.63) is 101 Å². The van der Waals surface area contributed by atoms with Gasteiger partial charge in [-0.05, 0) is 70.4 Å². The summed E-state index contributed by atoms with van der Waals surface area (Å²) in [6.45, 7) is 3.69. The molecule has 37 heavy (non-hydrogen) atoms. The second kappa shape index (κ2) is 9.99. The van der Waals surface area contributed by atoms with Crippen molar-refractivity contribution in [1.29, 1.82) is 0 Å². The molecule has 2 heterocycles. The molecule has 1 aliphatic rings. The summed E-state index contributed by atoms with van der Waals surface area (Å²) in [7, 11) is 1.57. The normalized spacial score (nSPS) is 15.5. The van der Waals surface area contributed by atoms with Crippen LogP contribution in [0.5, 0.6) is 11.5 Å². The zero-order chi connectivity index (χ0) is 26.3. The first-order valence-corrected chi connectivity index (χ1v) is 13.2. The van der Waals surface area contributed by atoms with E-state index in [0.717, 1.165) is 16.3 Å². The molecule has 1 aliphatic heterocycles. The van der Waals surface area contributed by atoms with Crippen LogP contribution in [-0.4, -0.2) is 29.4 Å². The third-order valence-electron chi connectivity index (χ3n) is 6.21. The number of halogens is 1. The van der Waals surface area contributed by atoms with E-state index in [4.69, 9.17) is 9.47 Å². The number of ether oxygens (including phenoxy) is 2. The third-order valence-corrected chi connectivity index (χ3v) is 7.83. The van der Waals surface area contributed by atoms with Gasteiger partial charge in [-0.1, -0.05) is 47.7 Å². The number of fused-ring (bicyclic) bond motifs is 2. The molecule has 1 unspecified atom stereocenters. The zero-order valence-corrected chi connectivity index (χ0v) is 22.7. The summed E-state index contributed by atoms with van der Waals surface area (Å²) in [6.07, 6.45) is 1.74. The summed E-state index contributed by atoms with van der Waals surface area (Å²) < 4.78 is 13.7. The van der Waals surface area contributed by atoms with E-state index in [1.54, 1.807) is 49.8 Å². The van der Waals surface area contributed by atoms with Gasteiger partial charge in [-0.15, -0.1) is 0 Å². The van der Waals surface area contributed by atoms with E-state index >= 15 is 0 Å². The molecular formula is C28H23BrN2O5S. The van der Waals surface area contributed by atoms with Gasteiger partial charge < -0.3 is 14.6 Å². The van der Waals surface area contributed by atoms with E-state index in [9.17, 15) is 14.7 Å². The fraction of sp³-hybridized carbons (Fsp3) is 0.179. The Balaban J connectivity index is 1.84. The number of thiazole rings is 1. The summed E-state index contributed by atoms with van der Waals surface area (Å²) in [5.41, 5.74) is 1.91. The van der Waals surface area contributed by atoms with E-state index in [1.165, 1.54) is 11.3 Å². The van der Waals surface area contributed by atoms with Crippen LogP contribution in [-0.2, 0) is 9.53 Å². The van der Waals surface area contributed by atoms with Gasteiger partial charge in [0.05, 0.1) is 34.0 Å². The van der Waals surface area contributed by atoms with E-state index in [-0.39, 0.29) is 17.9 Å². The van der Waals surface area contributed by atoms with Gasteiger partial charge in [-0.2, -0.15) is 0 Å². The minimum atomic E-state index is -0.801. The number of phenolic OH excluding ortho intramolecular Hbond substituents is 1. The second-order valence-corrected chi connectivity index (χ2v) is 10.3. The zero-order valence-electron chi connectivity index (χ0n) is 20.3. The van der Waals surface area contributed by atoms with Crippen molar-refractivity contribution >= 4 is 50.1 Å². The van der Waals surface area contributed by atoms with Crippen LogP contribution >= 0.6 is 27.3 Å². The first-order chi connectivity index (χ1) is 17.8. The number of phenols is 1. The lowest BCUT2D eigenvalue weighted by Crippen LogP contribution is -2.40. The van der Waals surface area contributed by atoms with Gasteiger partial charge in [0.1, 0.15) is 17.5 Å². The van der Waals surface area contributed by atoms with Crippen molar-refractivity contribution in [2.75, 3.05) is 13.7 Å². The topological polar surface area (TPSA) is 90.1 Å². The summed E-state index contributed by atoms with van der Waals surface area (Å²) in [5, 5.41) is 11.7. The number of methoxy groups -OCH3 is 1. The molecule has 4 aromatic rings. The number of hydrogen-bond acceptors (Lipinski definition) is 7. The number of aromatic nitrogens is 1. The Hall–Kier alpha value is -3.69. The van der Waals surface area contributed by atoms with Gasteiger partial charge in [-0.3, -0.25) is 9.36 Å². The van der Waals surface area contributed by atoms with Gasteiger partial charge in [0.25, 0.3) is 5.56 Å². The SMILES string of the molecule is CCOC(=O)C1=C(C)N=c2s/c(=C\c3ccc(O)c(Br)c3)c(=O)n2C1c1c(OC)ccc2ccccc12. The number of carbonyl (C=O) groups is 1. The van der Waals surface area contributed by atoms with Crippen LogP contribution in [0.3, 0.4) is 0 Å². The molecule has 1 aromatic heterocycles. The average molecular weight is 579 g/mol. The number of hydrogen-bond donors (Lipinski definition) is 1. The molecule has 188 valence electrons. The van der Waals surface area contributed by atoms with E-state index in [2.05, 4.69) is 20.9 Å². The number of aromatic hydroxyl groups is 1. The van der Waals surface area contributed by atoms with Crippen LogP contribution in [0.2, 0.25) is 0 Å². The van der Waals surface area contributed by atoms with Crippen molar-refractivity contribution in [3.8, 4) is 11.5 Å². The molecule has 1 N–H and O–H groups in total. The number of benzene rings is 3. The number of esters is 1. The van der Waals surface area contributed by atoms with Crippen molar-refractivity contribution in [2.45, 2.75) is 19.9 Å². The summed E-state index contributed by atoms with van der Waals surface area (Å²) in [5.74, 6) is 0.133. The second-order valence-electron chi connectivity index (χ2n) is 8.42. The lowest BCUT2D eigenvalue weighted by atomic mass is 9.90. The predicted molar refractivity (Wildman–Crippen MR) is 147 cm³/mol. The van der Waals surface area contributed by atoms with Gasteiger partial charge >= 0.3 is 5.97 Å². The molecule has 0 radical (unpaired) electrons. The first kappa shape index (κ1) is 25.0. The van der Waals surface area contributed by atoms with Crippen LogP contribution in [0.15, 0.2) is 80.1 Å². The average Bonchev–Trinajstić information content (AvgIpc) is 3.19. The van der Waals surface area contributed by atoms with Crippen molar-refractivity contribution in [3.63, 3.8) is 0 Å². The lowest BCUT2D eigenvalue weighted by molar-refractivity contribution is -0.139. The maximum atomic E-state index is 13.9. The van der Waals surface area contributed by atoms with Crippen molar-refractivity contribution in [2.24, 2.45) is 4.99 Å². The molecule has 0 saturated heterocycles. The molecule has 5 rings (SSSR count). The fourth-order valence-corrected chi connectivity index (χ4v) is 6.01. The Morgan fingerprint density at radius 2 is 2.00 bits per heavy atom. The van der Waals surface area contributed by atoms with Crippen LogP contribution in [0.25, 0.3) is 16.8 Å². The maximum absolute atomic E-state index is 13.9. The highest BCUT2D eigenvalue weighted by molar-refractivity contribution is 9.10. The fourth-order valence-electron chi connectivity index (χ4n) is 4.56. The Morgan fingerprint density at radius 3 is 2.73 bits per heavy atom. The molecule has 0 fully saturated rings. The molecule has 0 amide bonds. The molecule has 0 saturated carbocycles. The molecule has 1 atom stereocenters. The Morgan fingerprint density at radius 1 is 1.22 bits per heavy atom. The van der Waals surface area contributed by atoms with Crippen LogP contribution < -0.4 is 19.6 Å². The summed E-state index contributed by atoms with van der Waals surface area (Å²) in [6, 6.07) is 15.8. The number of carbonyl (C=O) groups excluding carboxylic acids is 1. The molecule has 0 aliphatic carbocycles. The van der Waals surface area contributed by atoms with E-state index in [0.29, 0.717) is 36.4 Å². The number of nitrogens with zero attached hydrogens (tertiary/aromatic N) is 2. The van der Waals surface area contributed by atoms with Gasteiger partial charge in [0, 0.05) is 5.56 Å². The minimum Gasteiger partial charge on any atom is -0.507 e. The first-order valence-electron chi connectivity index (χ1n) is 11.6. The van der Waals surface area contributed by atoms with E-state index in [1.807, 2.05) is 36.4 Å². The predicted octanol–water partition coefficient (Wildman–Crippen LogP) is 4.43. The Bertz CT molecular complexity index is 1770. The molecule has 0 bridgehead atoms. The smallest absolute Gasteiger partial charge is 0.338 e. The quantitative estimate of drug-likeness (QED) is 0.354. The van der Waals surface area contributed by atoms with Gasteiger partial charge in [0.2, 0.25) is 0 Å². The van der Waals surface area contributed by atoms with E-state index < -0.39 is 12.0 Å². The monoisotopic (exact) mass is 578 g/mol. The highest BCUT2D eigenvalue weighted by Crippen LogP contribution is 2.40. The minimum absolute atomic E-state index is 0.108. The standard InChI is InChI=1S/C28H23BrN2O5S/c1-4-36-27(34)23-15(2)30-28-31(26(33)22(37-28)14-16-9-11-20(32)19(29)13-16)25(23)24-18-8-6-5-7-17(18)10-12-21(24)35-3/h5-14,25,32H,4H2,1-3H3/b22-14-. The molecule has 3 aromatic carbocycles. The summed E-state index contributed by atoms with van der Waals surface area (Å²) in [4.78, 5) is 32.3. The van der Waals surface area contributed by atoms with Gasteiger partial charge in [-0.25, -0.2) is 9.79 Å². The Labute approximate surface area is 224 Å². The van der Waals surface area contributed by atoms with Gasteiger partial charge in [0.15, 0.2) is 4.80 Å². The third kappa shape index (κ3) is 4.38. The highest BCUT2D eigenvalue weighted by Gasteiger charge is 2.36. The Kier molecular flexibility index (Phi) is 6.74. The maximum Gasteiger partial charge on any atom is 0.338 e.